The number of carbonyl (C=O) groups excluding carboxylic acids is 1. The number of aliphatic imine (C=N–C) groups is 1. The van der Waals surface area contributed by atoms with Crippen molar-refractivity contribution in [1.82, 2.24) is 0 Å². The molecule has 27 heavy (non-hydrogen) atoms. The molecule has 1 aliphatic carbocycles. The Balaban J connectivity index is 2.00. The molecule has 0 amide bonds. The van der Waals surface area contributed by atoms with Gasteiger partial charge in [-0.25, -0.2) is 4.99 Å². The average molecular weight is 362 g/mol. The van der Waals surface area contributed by atoms with E-state index < -0.39 is 0 Å². The highest BCUT2D eigenvalue weighted by atomic mass is 16.3. The molecule has 0 saturated heterocycles. The monoisotopic (exact) mass is 362 g/mol. The minimum absolute atomic E-state index is 0.114. The highest BCUT2D eigenvalue weighted by Gasteiger charge is 2.27. The molecule has 2 aromatic rings. The normalized spacial score (nSPS) is 15.9. The lowest BCUT2D eigenvalue weighted by molar-refractivity contribution is -0.112. The maximum Gasteiger partial charge on any atom is 0.208 e. The number of Topliss-reactive ketones (excluding diaryl/α,β-unsaturated/α-hetero) is 1. The fraction of sp³-hybridized carbons (Fsp3) is 0.143. The number of benzene rings is 2. The quantitative estimate of drug-likeness (QED) is 0.572. The molecule has 6 nitrogen and oxygen atoms in total. The molecule has 0 fully saturated rings. The molecule has 138 valence electrons. The summed E-state index contributed by atoms with van der Waals surface area (Å²) < 4.78 is 0. The number of aliphatic hydroxyl groups excluding tert-OH is 1. The lowest BCUT2D eigenvalue weighted by Gasteiger charge is -2.25. The summed E-state index contributed by atoms with van der Waals surface area (Å²) in [7, 11) is 1.79. The average Bonchev–Trinajstić information content (AvgIpc) is 2.69. The zero-order valence-electron chi connectivity index (χ0n) is 15.3. The summed E-state index contributed by atoms with van der Waals surface area (Å²) in [6.07, 6.45) is 1.60. The van der Waals surface area contributed by atoms with Gasteiger partial charge < -0.3 is 21.5 Å². The Hall–Kier alpha value is -3.38. The SMILES string of the molecule is CC1=C(O)C(=Nc2ccc(CN)cc2)C=C(N(C)c2ccc(N)cc2)C1=O. The third-order valence-corrected chi connectivity index (χ3v) is 4.51. The van der Waals surface area contributed by atoms with E-state index in [1.807, 2.05) is 36.4 Å². The van der Waals surface area contributed by atoms with Crippen molar-refractivity contribution in [2.45, 2.75) is 13.5 Å². The summed E-state index contributed by atoms with van der Waals surface area (Å²) >= 11 is 0. The standard InChI is InChI=1S/C21H22N4O2/c1-13-20(26)18(24-16-7-3-14(12-22)4-8-16)11-19(21(13)27)25(2)17-9-5-15(23)6-10-17/h3-11,26H,12,22-23H2,1-2H3. The topological polar surface area (TPSA) is 105 Å². The number of ketones is 1. The molecule has 0 atom stereocenters. The predicted octanol–water partition coefficient (Wildman–Crippen LogP) is 3.24. The van der Waals surface area contributed by atoms with Gasteiger partial charge in [0.15, 0.2) is 0 Å². The number of anilines is 2. The number of allylic oxidation sites excluding steroid dienone is 2. The lowest BCUT2D eigenvalue weighted by atomic mass is 9.98. The van der Waals surface area contributed by atoms with Gasteiger partial charge in [-0.1, -0.05) is 12.1 Å². The van der Waals surface area contributed by atoms with Gasteiger partial charge >= 0.3 is 0 Å². The van der Waals surface area contributed by atoms with Gasteiger partial charge in [0.1, 0.15) is 11.5 Å². The van der Waals surface area contributed by atoms with Gasteiger partial charge in [-0.2, -0.15) is 0 Å². The molecule has 0 heterocycles. The van der Waals surface area contributed by atoms with Crippen LogP contribution in [0, 0.1) is 0 Å². The van der Waals surface area contributed by atoms with Crippen LogP contribution in [0.1, 0.15) is 12.5 Å². The van der Waals surface area contributed by atoms with Crippen LogP contribution < -0.4 is 16.4 Å². The Kier molecular flexibility index (Phi) is 5.09. The number of rotatable bonds is 4. The smallest absolute Gasteiger partial charge is 0.208 e. The van der Waals surface area contributed by atoms with E-state index in [-0.39, 0.29) is 17.1 Å². The van der Waals surface area contributed by atoms with E-state index >= 15 is 0 Å². The number of nitrogens with zero attached hydrogens (tertiary/aromatic N) is 2. The van der Waals surface area contributed by atoms with Crippen molar-refractivity contribution in [3.05, 3.63) is 77.2 Å². The molecule has 2 aromatic carbocycles. The van der Waals surface area contributed by atoms with Crippen LogP contribution in [-0.2, 0) is 11.3 Å². The van der Waals surface area contributed by atoms with Crippen molar-refractivity contribution in [3.8, 4) is 0 Å². The summed E-state index contributed by atoms with van der Waals surface area (Å²) in [5, 5.41) is 10.4. The second kappa shape index (κ2) is 7.47. The van der Waals surface area contributed by atoms with E-state index in [9.17, 15) is 9.90 Å². The molecule has 3 rings (SSSR count). The fourth-order valence-electron chi connectivity index (χ4n) is 2.77. The van der Waals surface area contributed by atoms with E-state index in [0.29, 0.717) is 29.3 Å². The van der Waals surface area contributed by atoms with Crippen LogP contribution in [0.25, 0.3) is 0 Å². The highest BCUT2D eigenvalue weighted by molar-refractivity contribution is 6.24. The summed E-state index contributed by atoms with van der Waals surface area (Å²) in [6, 6.07) is 14.6. The molecule has 1 aliphatic rings. The van der Waals surface area contributed by atoms with E-state index in [4.69, 9.17) is 11.5 Å². The Labute approximate surface area is 158 Å². The van der Waals surface area contributed by atoms with Gasteiger partial charge in [0.25, 0.3) is 0 Å². The molecule has 6 heteroatoms. The second-order valence-electron chi connectivity index (χ2n) is 6.35. The van der Waals surface area contributed by atoms with Crippen molar-refractivity contribution in [1.29, 1.82) is 0 Å². The van der Waals surface area contributed by atoms with Gasteiger partial charge in [-0.3, -0.25) is 4.79 Å². The Morgan fingerprint density at radius 3 is 2.30 bits per heavy atom. The summed E-state index contributed by atoms with van der Waals surface area (Å²) in [5.74, 6) is -0.360. The van der Waals surface area contributed by atoms with Gasteiger partial charge in [-0.05, 0) is 55.0 Å². The Morgan fingerprint density at radius 2 is 1.70 bits per heavy atom. The predicted molar refractivity (Wildman–Crippen MR) is 109 cm³/mol. The summed E-state index contributed by atoms with van der Waals surface area (Å²) in [4.78, 5) is 18.9. The minimum Gasteiger partial charge on any atom is -0.505 e. The van der Waals surface area contributed by atoms with E-state index in [0.717, 1.165) is 11.3 Å². The van der Waals surface area contributed by atoms with Crippen molar-refractivity contribution < 1.29 is 9.90 Å². The van der Waals surface area contributed by atoms with Crippen LogP contribution in [0.5, 0.6) is 0 Å². The van der Waals surface area contributed by atoms with Crippen LogP contribution in [0.4, 0.5) is 17.1 Å². The molecule has 5 N–H and O–H groups in total. The molecule has 0 spiro atoms. The maximum absolute atomic E-state index is 12.7. The molecule has 0 radical (unpaired) electrons. The van der Waals surface area contributed by atoms with Crippen LogP contribution in [0.15, 0.2) is 76.6 Å². The van der Waals surface area contributed by atoms with Gasteiger partial charge in [-0.15, -0.1) is 0 Å². The number of hydrogen-bond donors (Lipinski definition) is 3. The summed E-state index contributed by atoms with van der Waals surface area (Å²) in [5.41, 5.74) is 15.5. The molecule has 0 aromatic heterocycles. The van der Waals surface area contributed by atoms with Crippen molar-refractivity contribution in [2.75, 3.05) is 17.7 Å². The number of carbonyl (C=O) groups is 1. The zero-order valence-corrected chi connectivity index (χ0v) is 15.3. The molecule has 0 saturated carbocycles. The number of aliphatic hydroxyl groups is 1. The van der Waals surface area contributed by atoms with E-state index in [2.05, 4.69) is 4.99 Å². The van der Waals surface area contributed by atoms with Gasteiger partial charge in [0.05, 0.1) is 11.4 Å². The molecular formula is C21H22N4O2. The number of likely N-dealkylation sites (N-methyl/N-ethyl adjacent to an activating group) is 1. The maximum atomic E-state index is 12.7. The highest BCUT2D eigenvalue weighted by Crippen LogP contribution is 2.27. The number of nitrogens with two attached hydrogens (primary N) is 2. The van der Waals surface area contributed by atoms with Gasteiger partial charge in [0, 0.05) is 30.5 Å². The number of nitrogen functional groups attached to an aromatic ring is 1. The molecule has 0 unspecified atom stereocenters. The first-order chi connectivity index (χ1) is 12.9. The molecule has 0 bridgehead atoms. The minimum atomic E-state index is -0.246. The Bertz CT molecular complexity index is 955. The Morgan fingerprint density at radius 1 is 1.07 bits per heavy atom. The van der Waals surface area contributed by atoms with E-state index in [1.54, 1.807) is 37.1 Å². The number of hydrogen-bond acceptors (Lipinski definition) is 6. The van der Waals surface area contributed by atoms with Crippen LogP contribution in [-0.4, -0.2) is 23.6 Å². The third-order valence-electron chi connectivity index (χ3n) is 4.51. The zero-order chi connectivity index (χ0) is 19.6. The van der Waals surface area contributed by atoms with Crippen LogP contribution in [0.2, 0.25) is 0 Å². The van der Waals surface area contributed by atoms with Crippen molar-refractivity contribution in [3.63, 3.8) is 0 Å². The van der Waals surface area contributed by atoms with E-state index in [1.165, 1.54) is 0 Å². The van der Waals surface area contributed by atoms with Gasteiger partial charge in [0.2, 0.25) is 5.78 Å². The first-order valence-electron chi connectivity index (χ1n) is 8.54. The lowest BCUT2D eigenvalue weighted by Crippen LogP contribution is -2.29. The van der Waals surface area contributed by atoms with Crippen molar-refractivity contribution >= 4 is 28.6 Å². The second-order valence-corrected chi connectivity index (χ2v) is 6.35. The third kappa shape index (κ3) is 3.75. The van der Waals surface area contributed by atoms with Crippen molar-refractivity contribution in [2.24, 2.45) is 10.7 Å². The fourth-order valence-corrected chi connectivity index (χ4v) is 2.77. The first-order valence-corrected chi connectivity index (χ1v) is 8.54. The first kappa shape index (κ1) is 18.4. The molecular weight excluding hydrogens is 340 g/mol. The van der Waals surface area contributed by atoms with Crippen LogP contribution in [0.3, 0.4) is 0 Å². The molecule has 0 aliphatic heterocycles. The largest absolute Gasteiger partial charge is 0.505 e. The van der Waals surface area contributed by atoms with Crippen LogP contribution >= 0.6 is 0 Å². The summed E-state index contributed by atoms with van der Waals surface area (Å²) in [6.45, 7) is 2.04.